The molecule has 0 aliphatic carbocycles. The lowest BCUT2D eigenvalue weighted by Gasteiger charge is -2.30. The minimum Gasteiger partial charge on any atom is -0.493 e. The molecule has 32 heavy (non-hydrogen) atoms. The van der Waals surface area contributed by atoms with E-state index in [4.69, 9.17) is 21.1 Å². The predicted octanol–water partition coefficient (Wildman–Crippen LogP) is 5.58. The van der Waals surface area contributed by atoms with Gasteiger partial charge in [-0.2, -0.15) is 0 Å². The van der Waals surface area contributed by atoms with Gasteiger partial charge >= 0.3 is 0 Å². The molecular weight excluding hydrogens is 426 g/mol. The number of carbonyl (C=O) groups is 2. The van der Waals surface area contributed by atoms with E-state index in [0.29, 0.717) is 49.1 Å². The van der Waals surface area contributed by atoms with Crippen molar-refractivity contribution >= 4 is 29.4 Å². The van der Waals surface area contributed by atoms with Gasteiger partial charge in [-0.1, -0.05) is 48.4 Å². The highest BCUT2D eigenvalue weighted by molar-refractivity contribution is 6.32. The van der Waals surface area contributed by atoms with Crippen molar-refractivity contribution in [2.45, 2.75) is 33.1 Å². The maximum absolute atomic E-state index is 12.7. The van der Waals surface area contributed by atoms with Crippen molar-refractivity contribution in [3.63, 3.8) is 0 Å². The molecule has 0 atom stereocenters. The summed E-state index contributed by atoms with van der Waals surface area (Å²) >= 11 is 6.35. The van der Waals surface area contributed by atoms with Gasteiger partial charge in [0, 0.05) is 30.6 Å². The Kier molecular flexibility index (Phi) is 8.34. The van der Waals surface area contributed by atoms with Crippen molar-refractivity contribution in [1.82, 2.24) is 4.90 Å². The molecule has 0 N–H and O–H groups in total. The van der Waals surface area contributed by atoms with Crippen LogP contribution in [0.2, 0.25) is 5.02 Å². The molecule has 1 aliphatic heterocycles. The Bertz CT molecular complexity index is 976. The monoisotopic (exact) mass is 455 g/mol. The third-order valence-electron chi connectivity index (χ3n) is 5.63. The van der Waals surface area contributed by atoms with Gasteiger partial charge in [-0.3, -0.25) is 9.59 Å². The van der Waals surface area contributed by atoms with Crippen molar-refractivity contribution in [3.05, 3.63) is 64.2 Å². The number of hydrogen-bond acceptors (Lipinski definition) is 4. The van der Waals surface area contributed by atoms with Crippen LogP contribution in [-0.2, 0) is 4.79 Å². The molecule has 170 valence electrons. The van der Waals surface area contributed by atoms with Crippen LogP contribution in [0.5, 0.6) is 11.5 Å². The molecule has 1 saturated heterocycles. The van der Waals surface area contributed by atoms with E-state index in [0.717, 1.165) is 23.1 Å². The number of likely N-dealkylation sites (tertiary alicyclic amines) is 1. The Morgan fingerprint density at radius 2 is 1.84 bits per heavy atom. The van der Waals surface area contributed by atoms with Gasteiger partial charge in [-0.15, -0.1) is 0 Å². The molecule has 1 heterocycles. The first-order valence-corrected chi connectivity index (χ1v) is 11.4. The van der Waals surface area contributed by atoms with Crippen LogP contribution in [0.4, 0.5) is 0 Å². The highest BCUT2D eigenvalue weighted by Gasteiger charge is 2.27. The molecule has 0 aromatic heterocycles. The molecule has 0 unspecified atom stereocenters. The smallest absolute Gasteiger partial charge is 0.246 e. The number of nitrogens with zero attached hydrogens (tertiary/aromatic N) is 1. The first kappa shape index (κ1) is 23.9. The van der Waals surface area contributed by atoms with Gasteiger partial charge in [-0.25, -0.2) is 0 Å². The Morgan fingerprint density at radius 1 is 1.16 bits per heavy atom. The predicted molar refractivity (Wildman–Crippen MR) is 128 cm³/mol. The van der Waals surface area contributed by atoms with Crippen molar-refractivity contribution in [2.24, 2.45) is 5.92 Å². The average molecular weight is 456 g/mol. The van der Waals surface area contributed by atoms with Crippen molar-refractivity contribution in [1.29, 1.82) is 0 Å². The standard InChI is InChI=1S/C26H30ClNO4/c1-4-15-32-26-22(27)16-19(17-23(26)31-3)7-10-24(29)28-13-11-21(12-14-28)25(30)20-8-5-18(2)6-9-20/h5-10,16-17,21H,4,11-15H2,1-3H3. The maximum atomic E-state index is 12.7. The zero-order chi connectivity index (χ0) is 23.1. The maximum Gasteiger partial charge on any atom is 0.246 e. The molecule has 1 amide bonds. The molecule has 0 bridgehead atoms. The van der Waals surface area contributed by atoms with E-state index in [9.17, 15) is 9.59 Å². The van der Waals surface area contributed by atoms with Crippen molar-refractivity contribution < 1.29 is 19.1 Å². The molecule has 5 nitrogen and oxygen atoms in total. The van der Waals surface area contributed by atoms with Crippen molar-refractivity contribution in [2.75, 3.05) is 26.8 Å². The van der Waals surface area contributed by atoms with Gasteiger partial charge in [0.25, 0.3) is 0 Å². The van der Waals surface area contributed by atoms with Gasteiger partial charge in [0.1, 0.15) is 0 Å². The lowest BCUT2D eigenvalue weighted by Crippen LogP contribution is -2.39. The molecule has 1 fully saturated rings. The number of halogens is 1. The summed E-state index contributed by atoms with van der Waals surface area (Å²) in [6, 6.07) is 11.2. The number of carbonyl (C=O) groups excluding carboxylic acids is 2. The number of Topliss-reactive ketones (excluding diaryl/α,β-unsaturated/α-hetero) is 1. The number of ketones is 1. The van der Waals surface area contributed by atoms with E-state index < -0.39 is 0 Å². The number of benzene rings is 2. The first-order valence-electron chi connectivity index (χ1n) is 11.0. The minimum absolute atomic E-state index is 0.0375. The molecular formula is C26H30ClNO4. The number of aryl methyl sites for hydroxylation is 1. The summed E-state index contributed by atoms with van der Waals surface area (Å²) in [6.45, 7) is 5.71. The minimum atomic E-state index is -0.0763. The van der Waals surface area contributed by atoms with Crippen LogP contribution in [0.3, 0.4) is 0 Å². The molecule has 0 spiro atoms. The Hall–Kier alpha value is -2.79. The number of hydrogen-bond donors (Lipinski definition) is 0. The topological polar surface area (TPSA) is 55.8 Å². The summed E-state index contributed by atoms with van der Waals surface area (Å²) in [5, 5.41) is 0.445. The summed E-state index contributed by atoms with van der Waals surface area (Å²) in [6.07, 6.45) is 5.48. The molecule has 1 aliphatic rings. The third-order valence-corrected chi connectivity index (χ3v) is 5.91. The number of piperidine rings is 1. The molecule has 2 aromatic rings. The fraction of sp³-hybridized carbons (Fsp3) is 0.385. The summed E-state index contributed by atoms with van der Waals surface area (Å²) in [5.41, 5.74) is 2.64. The SMILES string of the molecule is CCCOc1c(Cl)cc(C=CC(=O)N2CCC(C(=O)c3ccc(C)cc3)CC2)cc1OC. The van der Waals surface area contributed by atoms with Gasteiger partial charge in [0.05, 0.1) is 18.7 Å². The van der Waals surface area contributed by atoms with Crippen LogP contribution >= 0.6 is 11.6 Å². The summed E-state index contributed by atoms with van der Waals surface area (Å²) in [4.78, 5) is 27.2. The molecule has 6 heteroatoms. The normalized spacial score (nSPS) is 14.6. The quantitative estimate of drug-likeness (QED) is 0.385. The van der Waals surface area contributed by atoms with E-state index in [2.05, 4.69) is 0 Å². The highest BCUT2D eigenvalue weighted by atomic mass is 35.5. The zero-order valence-corrected chi connectivity index (χ0v) is 19.7. The average Bonchev–Trinajstić information content (AvgIpc) is 2.81. The summed E-state index contributed by atoms with van der Waals surface area (Å²) in [7, 11) is 1.56. The highest BCUT2D eigenvalue weighted by Crippen LogP contribution is 2.37. The Labute approximate surface area is 195 Å². The van der Waals surface area contributed by atoms with Crippen LogP contribution in [0.25, 0.3) is 6.08 Å². The Balaban J connectivity index is 1.59. The van der Waals surface area contributed by atoms with Gasteiger partial charge in [0.15, 0.2) is 17.3 Å². The van der Waals surface area contributed by atoms with E-state index in [1.165, 1.54) is 0 Å². The number of rotatable bonds is 8. The fourth-order valence-corrected chi connectivity index (χ4v) is 4.04. The molecule has 2 aromatic carbocycles. The largest absolute Gasteiger partial charge is 0.493 e. The van der Waals surface area contributed by atoms with Crippen LogP contribution in [-0.4, -0.2) is 43.4 Å². The van der Waals surface area contributed by atoms with E-state index in [1.807, 2.05) is 38.1 Å². The second kappa shape index (κ2) is 11.2. The second-order valence-corrected chi connectivity index (χ2v) is 8.45. The van der Waals surface area contributed by atoms with Crippen LogP contribution in [0.1, 0.15) is 47.7 Å². The van der Waals surface area contributed by atoms with Crippen LogP contribution < -0.4 is 9.47 Å². The third kappa shape index (κ3) is 5.92. The fourth-order valence-electron chi connectivity index (χ4n) is 3.77. The van der Waals surface area contributed by atoms with Gasteiger partial charge in [-0.05, 0) is 50.0 Å². The van der Waals surface area contributed by atoms with E-state index in [1.54, 1.807) is 36.3 Å². The molecule has 0 saturated carbocycles. The number of methoxy groups -OCH3 is 1. The lowest BCUT2D eigenvalue weighted by atomic mass is 9.88. The number of amides is 1. The van der Waals surface area contributed by atoms with E-state index >= 15 is 0 Å². The Morgan fingerprint density at radius 3 is 2.47 bits per heavy atom. The van der Waals surface area contributed by atoms with Crippen LogP contribution in [0, 0.1) is 12.8 Å². The van der Waals surface area contributed by atoms with Crippen LogP contribution in [0.15, 0.2) is 42.5 Å². The van der Waals surface area contributed by atoms with Gasteiger partial charge < -0.3 is 14.4 Å². The lowest BCUT2D eigenvalue weighted by molar-refractivity contribution is -0.127. The zero-order valence-electron chi connectivity index (χ0n) is 18.9. The number of ether oxygens (including phenoxy) is 2. The summed E-state index contributed by atoms with van der Waals surface area (Å²) in [5.74, 6) is 1.10. The summed E-state index contributed by atoms with van der Waals surface area (Å²) < 4.78 is 11.1. The molecule has 3 rings (SSSR count). The van der Waals surface area contributed by atoms with Crippen molar-refractivity contribution in [3.8, 4) is 11.5 Å². The first-order chi connectivity index (χ1) is 15.4. The second-order valence-electron chi connectivity index (χ2n) is 8.05. The van der Waals surface area contributed by atoms with E-state index in [-0.39, 0.29) is 17.6 Å². The van der Waals surface area contributed by atoms with Gasteiger partial charge in [0.2, 0.25) is 5.91 Å². The molecule has 0 radical (unpaired) electrons.